The zero-order chi connectivity index (χ0) is 18.5. The lowest BCUT2D eigenvalue weighted by Gasteiger charge is -2.08. The van der Waals surface area contributed by atoms with Gasteiger partial charge in [0, 0.05) is 33.6 Å². The van der Waals surface area contributed by atoms with Gasteiger partial charge in [0.15, 0.2) is 0 Å². The third kappa shape index (κ3) is 4.21. The Morgan fingerprint density at radius 2 is 2.04 bits per heavy atom. The van der Waals surface area contributed by atoms with Gasteiger partial charge in [-0.3, -0.25) is 9.78 Å². The first-order valence-corrected chi connectivity index (χ1v) is 8.87. The first kappa shape index (κ1) is 18.0. The van der Waals surface area contributed by atoms with Crippen LogP contribution >= 0.6 is 11.6 Å². The summed E-state index contributed by atoms with van der Waals surface area (Å²) in [5.41, 5.74) is 10.1. The Balaban J connectivity index is 1.78. The number of nitrogen functional groups attached to an aromatic ring is 1. The summed E-state index contributed by atoms with van der Waals surface area (Å²) < 4.78 is 0. The summed E-state index contributed by atoms with van der Waals surface area (Å²) in [5, 5.41) is 4.27. The second kappa shape index (κ2) is 8.02. The van der Waals surface area contributed by atoms with Crippen LogP contribution in [0.2, 0.25) is 5.02 Å². The molecule has 0 saturated carbocycles. The van der Waals surface area contributed by atoms with Crippen molar-refractivity contribution < 1.29 is 4.79 Å². The molecule has 0 atom stereocenters. The van der Waals surface area contributed by atoms with Crippen LogP contribution in [0.15, 0.2) is 54.6 Å². The summed E-state index contributed by atoms with van der Waals surface area (Å²) in [6.07, 6.45) is 5.05. The second-order valence-corrected chi connectivity index (χ2v) is 6.44. The molecule has 0 aliphatic heterocycles. The maximum atomic E-state index is 12.2. The van der Waals surface area contributed by atoms with Crippen molar-refractivity contribution in [2.24, 2.45) is 0 Å². The number of benzene rings is 2. The molecule has 0 bridgehead atoms. The Morgan fingerprint density at radius 1 is 1.23 bits per heavy atom. The molecule has 1 aromatic heterocycles. The zero-order valence-corrected chi connectivity index (χ0v) is 15.3. The third-order valence-electron chi connectivity index (χ3n) is 3.99. The largest absolute Gasteiger partial charge is 0.398 e. The van der Waals surface area contributed by atoms with Gasteiger partial charge in [-0.15, -0.1) is 0 Å². The number of nitrogens with one attached hydrogen (secondary N) is 1. The molecule has 2 aromatic carbocycles. The van der Waals surface area contributed by atoms with E-state index in [9.17, 15) is 4.79 Å². The van der Waals surface area contributed by atoms with E-state index in [-0.39, 0.29) is 5.91 Å². The van der Waals surface area contributed by atoms with E-state index in [1.807, 2.05) is 42.5 Å². The Kier molecular flexibility index (Phi) is 5.54. The van der Waals surface area contributed by atoms with Crippen molar-refractivity contribution in [2.45, 2.75) is 19.8 Å². The number of amides is 1. The Morgan fingerprint density at radius 3 is 2.81 bits per heavy atom. The molecule has 132 valence electrons. The van der Waals surface area contributed by atoms with Crippen molar-refractivity contribution in [2.75, 3.05) is 11.1 Å². The highest BCUT2D eigenvalue weighted by atomic mass is 35.5. The molecule has 5 heteroatoms. The van der Waals surface area contributed by atoms with Crippen molar-refractivity contribution in [1.82, 2.24) is 4.98 Å². The number of fused-ring (bicyclic) bond motifs is 1. The minimum atomic E-state index is -0.238. The first-order valence-electron chi connectivity index (χ1n) is 8.49. The van der Waals surface area contributed by atoms with Crippen LogP contribution in [0.5, 0.6) is 0 Å². The molecule has 0 aliphatic rings. The molecule has 4 nitrogen and oxygen atoms in total. The van der Waals surface area contributed by atoms with Gasteiger partial charge >= 0.3 is 0 Å². The SMILES string of the molecule is CCCc1cc(N)c2cc(NC(=O)/C=C/c3ccccc3Cl)ccc2n1. The van der Waals surface area contributed by atoms with Gasteiger partial charge in [0.1, 0.15) is 0 Å². The van der Waals surface area contributed by atoms with Crippen molar-refractivity contribution >= 4 is 45.9 Å². The monoisotopic (exact) mass is 365 g/mol. The van der Waals surface area contributed by atoms with Crippen molar-refractivity contribution in [1.29, 1.82) is 0 Å². The molecule has 1 heterocycles. The molecule has 1 amide bonds. The number of carbonyl (C=O) groups excluding carboxylic acids is 1. The zero-order valence-electron chi connectivity index (χ0n) is 14.5. The van der Waals surface area contributed by atoms with Crippen molar-refractivity contribution in [3.8, 4) is 0 Å². The lowest BCUT2D eigenvalue weighted by molar-refractivity contribution is -0.111. The van der Waals surface area contributed by atoms with E-state index in [1.165, 1.54) is 6.08 Å². The normalized spacial score (nSPS) is 11.2. The quantitative estimate of drug-likeness (QED) is 0.620. The van der Waals surface area contributed by atoms with Gasteiger partial charge in [0.25, 0.3) is 0 Å². The standard InChI is InChI=1S/C21H20ClN3O/c1-2-5-15-13-19(23)17-12-16(9-10-20(17)24-15)25-21(26)11-8-14-6-3-4-7-18(14)22/h3-4,6-13H,2,5H2,1H3,(H2,23,24)(H,25,26)/b11-8+. The molecule has 0 fully saturated rings. The number of carbonyl (C=O) groups is 1. The summed E-state index contributed by atoms with van der Waals surface area (Å²) in [6.45, 7) is 2.11. The van der Waals surface area contributed by atoms with Gasteiger partial charge in [0.05, 0.1) is 5.52 Å². The molecule has 0 aliphatic carbocycles. The van der Waals surface area contributed by atoms with Crippen LogP contribution in [-0.2, 0) is 11.2 Å². The number of nitrogens with zero attached hydrogens (tertiary/aromatic N) is 1. The first-order chi connectivity index (χ1) is 12.6. The van der Waals surface area contributed by atoms with Gasteiger partial charge in [-0.25, -0.2) is 0 Å². The molecular weight excluding hydrogens is 346 g/mol. The Hall–Kier alpha value is -2.85. The number of anilines is 2. The second-order valence-electron chi connectivity index (χ2n) is 6.03. The van der Waals surface area contributed by atoms with Crippen molar-refractivity contribution in [3.63, 3.8) is 0 Å². The predicted molar refractivity (Wildman–Crippen MR) is 109 cm³/mol. The summed E-state index contributed by atoms with van der Waals surface area (Å²) in [4.78, 5) is 16.8. The molecule has 0 radical (unpaired) electrons. The summed E-state index contributed by atoms with van der Waals surface area (Å²) in [6, 6.07) is 14.8. The molecule has 3 aromatic rings. The summed E-state index contributed by atoms with van der Waals surface area (Å²) in [5.74, 6) is -0.238. The smallest absolute Gasteiger partial charge is 0.248 e. The Bertz CT molecular complexity index is 982. The van der Waals surface area contributed by atoms with Gasteiger partial charge in [-0.05, 0) is 48.4 Å². The minimum Gasteiger partial charge on any atom is -0.398 e. The molecule has 26 heavy (non-hydrogen) atoms. The molecule has 3 rings (SSSR count). The minimum absolute atomic E-state index is 0.238. The van der Waals surface area contributed by atoms with E-state index < -0.39 is 0 Å². The summed E-state index contributed by atoms with van der Waals surface area (Å²) >= 11 is 6.08. The van der Waals surface area contributed by atoms with Gasteiger partial charge in [0.2, 0.25) is 5.91 Å². The highest BCUT2D eigenvalue weighted by Crippen LogP contribution is 2.25. The third-order valence-corrected chi connectivity index (χ3v) is 4.33. The number of halogens is 1. The number of rotatable bonds is 5. The molecular formula is C21H20ClN3O. The lowest BCUT2D eigenvalue weighted by atomic mass is 10.1. The van der Waals surface area contributed by atoms with Crippen LogP contribution in [0, 0.1) is 0 Å². The van der Waals surface area contributed by atoms with Crippen molar-refractivity contribution in [3.05, 3.63) is 70.9 Å². The predicted octanol–water partition coefficient (Wildman–Crippen LogP) is 5.07. The molecule has 0 spiro atoms. The van der Waals surface area contributed by atoms with E-state index in [1.54, 1.807) is 12.1 Å². The summed E-state index contributed by atoms with van der Waals surface area (Å²) in [7, 11) is 0. The Labute approximate surface area is 157 Å². The fraction of sp³-hybridized carbons (Fsp3) is 0.143. The van der Waals surface area contributed by atoms with Crippen LogP contribution in [0.4, 0.5) is 11.4 Å². The fourth-order valence-electron chi connectivity index (χ4n) is 2.73. The molecule has 0 unspecified atom stereocenters. The maximum absolute atomic E-state index is 12.2. The van der Waals surface area contributed by atoms with Crippen LogP contribution in [0.25, 0.3) is 17.0 Å². The number of aromatic nitrogens is 1. The van der Waals surface area contributed by atoms with E-state index in [4.69, 9.17) is 17.3 Å². The van der Waals surface area contributed by atoms with Crippen LogP contribution in [0.1, 0.15) is 24.6 Å². The number of pyridine rings is 1. The van der Waals surface area contributed by atoms with E-state index in [0.29, 0.717) is 16.4 Å². The maximum Gasteiger partial charge on any atom is 0.248 e. The lowest BCUT2D eigenvalue weighted by Crippen LogP contribution is -2.08. The van der Waals surface area contributed by atoms with Gasteiger partial charge in [-0.1, -0.05) is 43.1 Å². The van der Waals surface area contributed by atoms with E-state index in [0.717, 1.165) is 35.0 Å². The van der Waals surface area contributed by atoms with Crippen LogP contribution in [0.3, 0.4) is 0 Å². The van der Waals surface area contributed by atoms with Gasteiger partial charge in [-0.2, -0.15) is 0 Å². The molecule has 0 saturated heterocycles. The van der Waals surface area contributed by atoms with E-state index in [2.05, 4.69) is 17.2 Å². The number of hydrogen-bond acceptors (Lipinski definition) is 3. The highest BCUT2D eigenvalue weighted by molar-refractivity contribution is 6.32. The average molecular weight is 366 g/mol. The highest BCUT2D eigenvalue weighted by Gasteiger charge is 2.06. The van der Waals surface area contributed by atoms with Gasteiger partial charge < -0.3 is 11.1 Å². The topological polar surface area (TPSA) is 68.0 Å². The number of aryl methyl sites for hydroxylation is 1. The van der Waals surface area contributed by atoms with E-state index >= 15 is 0 Å². The van der Waals surface area contributed by atoms with Crippen LogP contribution < -0.4 is 11.1 Å². The van der Waals surface area contributed by atoms with Crippen LogP contribution in [-0.4, -0.2) is 10.9 Å². The fourth-order valence-corrected chi connectivity index (χ4v) is 2.93. The number of hydrogen-bond donors (Lipinski definition) is 2. The number of nitrogens with two attached hydrogens (primary N) is 1. The average Bonchev–Trinajstić information content (AvgIpc) is 2.62. The molecule has 3 N–H and O–H groups in total.